The fourth-order valence-corrected chi connectivity index (χ4v) is 14.8. The number of hydrogen-bond acceptors (Lipinski definition) is 8. The van der Waals surface area contributed by atoms with E-state index in [4.69, 9.17) is 9.47 Å². The zero-order valence-corrected chi connectivity index (χ0v) is 51.1. The maximum atomic E-state index is 15.0. The maximum Gasteiger partial charge on any atom is 0.275 e. The quantitative estimate of drug-likeness (QED) is 0.0412. The fourth-order valence-electron chi connectivity index (χ4n) is 14.4. The molecule has 12 rings (SSSR count). The van der Waals surface area contributed by atoms with Gasteiger partial charge in [-0.15, -0.1) is 0 Å². The van der Waals surface area contributed by atoms with Gasteiger partial charge in [-0.25, -0.2) is 13.2 Å². The number of amides is 4. The van der Waals surface area contributed by atoms with E-state index in [1.54, 1.807) is 9.24 Å². The normalized spacial score (nSPS) is 21.9. The van der Waals surface area contributed by atoms with E-state index in [9.17, 15) is 27.6 Å². The predicted molar refractivity (Wildman–Crippen MR) is 336 cm³/mol. The van der Waals surface area contributed by atoms with Crippen LogP contribution in [0.1, 0.15) is 104 Å². The van der Waals surface area contributed by atoms with Crippen molar-refractivity contribution in [2.75, 3.05) is 59.0 Å². The lowest BCUT2D eigenvalue weighted by Gasteiger charge is -2.32. The Balaban J connectivity index is 0.757. The van der Waals surface area contributed by atoms with E-state index in [1.165, 1.54) is 0 Å². The van der Waals surface area contributed by atoms with Crippen LogP contribution >= 0.6 is 27.7 Å². The van der Waals surface area contributed by atoms with Crippen molar-refractivity contribution in [2.24, 2.45) is 0 Å². The lowest BCUT2D eigenvalue weighted by atomic mass is 9.72. The first-order valence-corrected chi connectivity index (χ1v) is 31.7. The van der Waals surface area contributed by atoms with E-state index in [1.807, 2.05) is 121 Å². The topological polar surface area (TPSA) is 141 Å². The van der Waals surface area contributed by atoms with Crippen molar-refractivity contribution in [1.29, 1.82) is 0 Å². The average molecular weight is 1210 g/mol. The number of fused-ring (bicyclic) bond motifs is 8. The summed E-state index contributed by atoms with van der Waals surface area (Å²) in [6.45, 7) is 4.15. The van der Waals surface area contributed by atoms with Gasteiger partial charge in [-0.05, 0) is 127 Å². The monoisotopic (exact) mass is 1210 g/mol. The number of halogens is 3. The number of nitrogens with one attached hydrogen (secondary N) is 4. The Morgan fingerprint density at radius 1 is 0.565 bits per heavy atom. The van der Waals surface area contributed by atoms with Crippen LogP contribution in [0.25, 0.3) is 33.4 Å². The summed E-state index contributed by atoms with van der Waals surface area (Å²) >= 11 is 0. The van der Waals surface area contributed by atoms with Crippen molar-refractivity contribution >= 4 is 51.3 Å². The highest BCUT2D eigenvalue weighted by molar-refractivity contribution is 7.39. The van der Waals surface area contributed by atoms with Gasteiger partial charge in [0, 0.05) is 61.6 Å². The van der Waals surface area contributed by atoms with Crippen LogP contribution in [0, 0.1) is 0 Å². The molecule has 4 heterocycles. The first-order valence-electron chi connectivity index (χ1n) is 30.0. The predicted octanol–water partition coefficient (Wildman–Crippen LogP) is 10.8. The first kappa shape index (κ1) is 59.3. The molecule has 18 heteroatoms. The fraction of sp³-hybridized carbons (Fsp3) is 0.403. The number of rotatable bonds is 21. The number of benzene rings is 6. The number of carbonyl (C=O) groups is 4. The average Bonchev–Trinajstić information content (AvgIpc) is 2.23. The lowest BCUT2D eigenvalue weighted by Crippen LogP contribution is -2.47. The second kappa shape index (κ2) is 24.6. The van der Waals surface area contributed by atoms with Gasteiger partial charge >= 0.3 is 0 Å². The molecule has 4 aliphatic heterocycles. The Morgan fingerprint density at radius 2 is 1.08 bits per heavy atom. The van der Waals surface area contributed by atoms with Gasteiger partial charge in [0.05, 0.1) is 19.0 Å². The second-order valence-corrected chi connectivity index (χ2v) is 27.5. The Morgan fingerprint density at radius 3 is 1.66 bits per heavy atom. The summed E-state index contributed by atoms with van der Waals surface area (Å²) in [5, 5.41) is 10.5. The smallest absolute Gasteiger partial charge is 0.275 e. The van der Waals surface area contributed by atoms with Crippen LogP contribution in [0.15, 0.2) is 133 Å². The molecule has 3 saturated heterocycles. The van der Waals surface area contributed by atoms with E-state index < -0.39 is 40.0 Å². The van der Waals surface area contributed by atoms with E-state index >= 15 is 4.79 Å². The minimum absolute atomic E-state index is 0.0364. The molecule has 2 aliphatic carbocycles. The Kier molecular flexibility index (Phi) is 17.2. The number of ether oxygens (including phenoxy) is 2. The van der Waals surface area contributed by atoms with Gasteiger partial charge in [-0.2, -0.15) is 0 Å². The zero-order valence-electron chi connectivity index (χ0n) is 47.7. The third-order valence-corrected chi connectivity index (χ3v) is 19.0. The molecule has 6 aromatic carbocycles. The Labute approximate surface area is 502 Å². The number of para-hydroxylation sites is 2. The van der Waals surface area contributed by atoms with Gasteiger partial charge in [0.1, 0.15) is 28.4 Å². The summed E-state index contributed by atoms with van der Waals surface area (Å²) in [5.41, 5.74) is 4.56. The largest absolute Gasteiger partial charge is 0.456 e. The molecule has 7 unspecified atom stereocenters. The van der Waals surface area contributed by atoms with Crippen molar-refractivity contribution in [3.05, 3.63) is 167 Å². The number of unbranched alkanes of at least 4 members (excludes halogenated alkanes) is 2. The van der Waals surface area contributed by atoms with Crippen LogP contribution in [0.4, 0.5) is 13.2 Å². The number of carbonyl (C=O) groups excluding carboxylic acids is 4. The van der Waals surface area contributed by atoms with Gasteiger partial charge in [0.25, 0.3) is 5.66 Å². The summed E-state index contributed by atoms with van der Waals surface area (Å²) in [5.74, 6) is -0.492. The Hall–Kier alpha value is -6.04. The van der Waals surface area contributed by atoms with Crippen LogP contribution in [0.2, 0.25) is 0 Å². The van der Waals surface area contributed by atoms with Crippen LogP contribution in [-0.2, 0) is 34.7 Å². The molecule has 4 N–H and O–H groups in total. The molecule has 12 nitrogen and oxygen atoms in total. The van der Waals surface area contributed by atoms with Gasteiger partial charge in [0.15, 0.2) is 5.15 Å². The standard InChI is InChI=1S/C67H74F3N6O6P3/c68-66(69,83)40-71-63(80)65(31-10-12-33-75-34-28-43(38-75)73-60(77)57-25-14-36-81-57)54-23-7-3-17-48(54)49-27-26-42(37-55(49)65)45-19-13-20-51-58(50-18-4-8-24-56(50)82-59(45)51)61(78)74-44-29-35-76(39-44)32-11-9-30-64(62(79)72-41-67(70,84)85)52-21-5-1-15-46(52)47-16-2-6-22-53(47)64/h1-8,13,15-24,26-27,37,43-44,57-58H,9-12,14,25,28-36,38-41,83-85H2,(H,71,80)(H,72,79)(H,73,77)(H,74,78)/t43?,44?,57-,58?,65?/m1/s1. The maximum absolute atomic E-state index is 15.0. The number of likely N-dealkylation sites (tertiary alicyclic amines) is 2. The van der Waals surface area contributed by atoms with E-state index in [0.29, 0.717) is 49.5 Å². The molecule has 0 radical (unpaired) electrons. The van der Waals surface area contributed by atoms with Crippen molar-refractivity contribution in [2.45, 2.75) is 110 Å². The van der Waals surface area contributed by atoms with Crippen molar-refractivity contribution < 1.29 is 41.8 Å². The molecule has 8 atom stereocenters. The second-order valence-electron chi connectivity index (χ2n) is 24.1. The molecule has 0 saturated carbocycles. The number of nitrogens with zero attached hydrogens (tertiary/aromatic N) is 2. The van der Waals surface area contributed by atoms with Crippen LogP contribution in [0.3, 0.4) is 0 Å². The van der Waals surface area contributed by atoms with Crippen LogP contribution in [-0.4, -0.2) is 121 Å². The Bertz CT molecular complexity index is 3470. The van der Waals surface area contributed by atoms with Crippen molar-refractivity contribution in [1.82, 2.24) is 31.1 Å². The van der Waals surface area contributed by atoms with E-state index in [0.717, 1.165) is 139 Å². The minimum atomic E-state index is -3.22. The summed E-state index contributed by atoms with van der Waals surface area (Å²) < 4.78 is 56.5. The molecule has 444 valence electrons. The molecule has 6 aromatic rings. The van der Waals surface area contributed by atoms with Gasteiger partial charge in [-0.1, -0.05) is 162 Å². The van der Waals surface area contributed by atoms with Gasteiger partial charge in [0.2, 0.25) is 23.6 Å². The van der Waals surface area contributed by atoms with E-state index in [-0.39, 0.29) is 42.5 Å². The minimum Gasteiger partial charge on any atom is -0.456 e. The molecule has 0 spiro atoms. The van der Waals surface area contributed by atoms with Crippen LogP contribution in [0.5, 0.6) is 11.5 Å². The first-order chi connectivity index (χ1) is 41.0. The molecule has 4 amide bonds. The summed E-state index contributed by atoms with van der Waals surface area (Å²) in [6.07, 6.45) is 6.69. The number of alkyl halides is 3. The third-order valence-electron chi connectivity index (χ3n) is 18.4. The molecule has 0 aromatic heterocycles. The van der Waals surface area contributed by atoms with Crippen LogP contribution < -0.4 is 26.0 Å². The number of hydrogen-bond donors (Lipinski definition) is 4. The lowest BCUT2D eigenvalue weighted by molar-refractivity contribution is -0.130. The summed E-state index contributed by atoms with van der Waals surface area (Å²) in [7, 11) is 5.83. The molecule has 6 aliphatic rings. The summed E-state index contributed by atoms with van der Waals surface area (Å²) in [6, 6.07) is 43.2. The molecule has 3 fully saturated rings. The third kappa shape index (κ3) is 12.0. The molecule has 0 bridgehead atoms. The van der Waals surface area contributed by atoms with Gasteiger partial charge < -0.3 is 40.5 Å². The highest BCUT2D eigenvalue weighted by Crippen LogP contribution is 2.56. The van der Waals surface area contributed by atoms with Crippen molar-refractivity contribution in [3.8, 4) is 44.9 Å². The SMILES string of the molecule is O=C(NC1CCN(CCCCC2(C(=O)NCC(F)(P)P)c3ccccc3-c3ccccc32)C1)C1c2ccccc2Oc2c(-c3ccc4c(c3)C(CCCCN3CCC(NC(=O)[C@H]5CCCO5)C3)(C(=O)NCC(F)(F)P)c3ccccc3-4)cccc21. The highest BCUT2D eigenvalue weighted by atomic mass is 31.1. The van der Waals surface area contributed by atoms with E-state index in [2.05, 4.69) is 61.7 Å². The van der Waals surface area contributed by atoms with Crippen molar-refractivity contribution in [3.63, 3.8) is 0 Å². The molecular weight excluding hydrogens is 1130 g/mol. The zero-order chi connectivity index (χ0) is 59.1. The van der Waals surface area contributed by atoms with Gasteiger partial charge in [-0.3, -0.25) is 19.2 Å². The summed E-state index contributed by atoms with van der Waals surface area (Å²) in [4.78, 5) is 61.9. The molecular formula is C67H74F3N6O6P3. The molecule has 85 heavy (non-hydrogen) atoms. The highest BCUT2D eigenvalue weighted by Gasteiger charge is 2.51.